The van der Waals surface area contributed by atoms with E-state index in [-0.39, 0.29) is 12.1 Å². The van der Waals surface area contributed by atoms with E-state index in [4.69, 9.17) is 9.84 Å². The third kappa shape index (κ3) is 3.89. The van der Waals surface area contributed by atoms with Crippen molar-refractivity contribution in [3.63, 3.8) is 0 Å². The number of amides is 2. The lowest BCUT2D eigenvalue weighted by Gasteiger charge is -2.24. The van der Waals surface area contributed by atoms with Crippen LogP contribution < -0.4 is 5.32 Å². The maximum atomic E-state index is 11.8. The molecular formula is C11H20N2O4. The van der Waals surface area contributed by atoms with E-state index in [1.165, 1.54) is 4.90 Å². The molecule has 0 spiro atoms. The quantitative estimate of drug-likeness (QED) is 0.745. The summed E-state index contributed by atoms with van der Waals surface area (Å²) in [6, 6.07) is -1.12. The second-order valence-corrected chi connectivity index (χ2v) is 4.20. The van der Waals surface area contributed by atoms with Gasteiger partial charge >= 0.3 is 12.0 Å². The van der Waals surface area contributed by atoms with Crippen LogP contribution in [0.1, 0.15) is 26.7 Å². The first-order valence-electron chi connectivity index (χ1n) is 5.94. The number of aliphatic carboxylic acids is 1. The second kappa shape index (κ2) is 6.44. The van der Waals surface area contributed by atoms with Crippen LogP contribution in [0.5, 0.6) is 0 Å². The van der Waals surface area contributed by atoms with Crippen LogP contribution in [0, 0.1) is 0 Å². The Morgan fingerprint density at radius 2 is 2.29 bits per heavy atom. The van der Waals surface area contributed by atoms with Gasteiger partial charge in [-0.05, 0) is 26.7 Å². The summed E-state index contributed by atoms with van der Waals surface area (Å²) >= 11 is 0. The normalized spacial score (nSPS) is 21.3. The van der Waals surface area contributed by atoms with Crippen molar-refractivity contribution >= 4 is 12.0 Å². The van der Waals surface area contributed by atoms with E-state index in [2.05, 4.69) is 5.32 Å². The van der Waals surface area contributed by atoms with Gasteiger partial charge in [0.25, 0.3) is 0 Å². The zero-order valence-electron chi connectivity index (χ0n) is 10.3. The molecule has 1 saturated heterocycles. The molecule has 0 aromatic carbocycles. The van der Waals surface area contributed by atoms with Gasteiger partial charge in [-0.3, -0.25) is 0 Å². The van der Waals surface area contributed by atoms with Gasteiger partial charge in [-0.1, -0.05) is 0 Å². The second-order valence-electron chi connectivity index (χ2n) is 4.20. The number of carbonyl (C=O) groups is 2. The Bertz CT molecular complexity index is 283. The van der Waals surface area contributed by atoms with Gasteiger partial charge in [0.2, 0.25) is 0 Å². The number of rotatable bonds is 5. The predicted octanol–water partition coefficient (Wildman–Crippen LogP) is 0.670. The average Bonchev–Trinajstić information content (AvgIpc) is 2.75. The molecule has 0 aromatic rings. The number of carboxylic acid groups (broad SMARTS) is 1. The summed E-state index contributed by atoms with van der Waals surface area (Å²) in [6.45, 7) is 5.26. The highest BCUT2D eigenvalue weighted by molar-refractivity contribution is 5.83. The maximum absolute atomic E-state index is 11.8. The fourth-order valence-electron chi connectivity index (χ4n) is 1.90. The fourth-order valence-corrected chi connectivity index (χ4v) is 1.90. The van der Waals surface area contributed by atoms with Crippen molar-refractivity contribution in [2.45, 2.75) is 38.8 Å². The van der Waals surface area contributed by atoms with Crippen LogP contribution >= 0.6 is 0 Å². The van der Waals surface area contributed by atoms with Gasteiger partial charge < -0.3 is 20.1 Å². The third-order valence-corrected chi connectivity index (χ3v) is 2.74. The number of hydrogen-bond donors (Lipinski definition) is 2. The van der Waals surface area contributed by atoms with Crippen molar-refractivity contribution < 1.29 is 19.4 Å². The number of nitrogens with zero attached hydrogens (tertiary/aromatic N) is 1. The highest BCUT2D eigenvalue weighted by Gasteiger charge is 2.34. The Morgan fingerprint density at radius 3 is 2.88 bits per heavy atom. The van der Waals surface area contributed by atoms with Crippen molar-refractivity contribution in [1.82, 2.24) is 10.2 Å². The van der Waals surface area contributed by atoms with E-state index in [0.29, 0.717) is 26.2 Å². The zero-order valence-corrected chi connectivity index (χ0v) is 10.3. The van der Waals surface area contributed by atoms with Gasteiger partial charge in [-0.25, -0.2) is 9.59 Å². The fraction of sp³-hybridized carbons (Fsp3) is 0.818. The summed E-state index contributed by atoms with van der Waals surface area (Å²) in [4.78, 5) is 24.1. The van der Waals surface area contributed by atoms with E-state index in [1.807, 2.05) is 13.8 Å². The summed E-state index contributed by atoms with van der Waals surface area (Å²) in [5.41, 5.74) is 0. The van der Waals surface area contributed by atoms with E-state index >= 15 is 0 Å². The van der Waals surface area contributed by atoms with Crippen LogP contribution in [0.15, 0.2) is 0 Å². The molecule has 0 saturated carbocycles. The summed E-state index contributed by atoms with van der Waals surface area (Å²) < 4.78 is 5.18. The molecule has 1 aliphatic rings. The number of carbonyl (C=O) groups excluding carboxylic acids is 1. The lowest BCUT2D eigenvalue weighted by molar-refractivity contribution is -0.141. The summed E-state index contributed by atoms with van der Waals surface area (Å²) in [5, 5.41) is 11.7. The van der Waals surface area contributed by atoms with Gasteiger partial charge in [-0.2, -0.15) is 0 Å². The van der Waals surface area contributed by atoms with Crippen molar-refractivity contribution in [2.75, 3.05) is 19.8 Å². The Morgan fingerprint density at radius 1 is 1.59 bits per heavy atom. The Kier molecular flexibility index (Phi) is 5.21. The number of likely N-dealkylation sites (tertiary alicyclic amines) is 1. The van der Waals surface area contributed by atoms with Gasteiger partial charge in [-0.15, -0.1) is 0 Å². The molecule has 2 N–H and O–H groups in total. The molecule has 1 heterocycles. The van der Waals surface area contributed by atoms with Gasteiger partial charge in [0.15, 0.2) is 0 Å². The van der Waals surface area contributed by atoms with Crippen LogP contribution in [-0.4, -0.2) is 53.8 Å². The molecule has 6 nitrogen and oxygen atoms in total. The van der Waals surface area contributed by atoms with Crippen molar-refractivity contribution in [3.05, 3.63) is 0 Å². The van der Waals surface area contributed by atoms with Crippen molar-refractivity contribution in [3.8, 4) is 0 Å². The van der Waals surface area contributed by atoms with Crippen LogP contribution in [0.25, 0.3) is 0 Å². The monoisotopic (exact) mass is 244 g/mol. The summed E-state index contributed by atoms with van der Waals surface area (Å²) in [5.74, 6) is -0.935. The predicted molar refractivity (Wildman–Crippen MR) is 61.9 cm³/mol. The Hall–Kier alpha value is -1.30. The maximum Gasteiger partial charge on any atom is 0.326 e. The van der Waals surface area contributed by atoms with Crippen molar-refractivity contribution in [1.29, 1.82) is 0 Å². The number of urea groups is 1. The molecule has 1 rings (SSSR count). The highest BCUT2D eigenvalue weighted by atomic mass is 16.5. The number of nitrogens with one attached hydrogen (secondary N) is 1. The topological polar surface area (TPSA) is 78.9 Å². The minimum absolute atomic E-state index is 0.113. The van der Waals surface area contributed by atoms with Crippen LogP contribution in [-0.2, 0) is 9.53 Å². The third-order valence-electron chi connectivity index (χ3n) is 2.74. The van der Waals surface area contributed by atoms with E-state index in [0.717, 1.165) is 6.42 Å². The van der Waals surface area contributed by atoms with E-state index in [1.54, 1.807) is 0 Å². The molecule has 2 amide bonds. The first-order valence-corrected chi connectivity index (χ1v) is 5.94. The van der Waals surface area contributed by atoms with Crippen LogP contribution in [0.2, 0.25) is 0 Å². The molecule has 0 aliphatic carbocycles. The number of hydrogen-bond acceptors (Lipinski definition) is 3. The van der Waals surface area contributed by atoms with Gasteiger partial charge in [0.05, 0.1) is 12.6 Å². The average molecular weight is 244 g/mol. The van der Waals surface area contributed by atoms with Gasteiger partial charge in [0, 0.05) is 13.2 Å². The molecule has 0 bridgehead atoms. The number of ether oxygens (including phenoxy) is 1. The standard InChI is InChI=1S/C11H20N2O4/c1-3-17-7-8(2)12-11(16)13-6-4-5-9(13)10(14)15/h8-9H,3-7H2,1-2H3,(H,12,16)(H,14,15)/t8?,9-/m1/s1. The molecule has 0 aromatic heterocycles. The molecule has 2 atom stereocenters. The van der Waals surface area contributed by atoms with Crippen LogP contribution in [0.3, 0.4) is 0 Å². The zero-order chi connectivity index (χ0) is 12.8. The summed E-state index contributed by atoms with van der Waals surface area (Å²) in [7, 11) is 0. The largest absolute Gasteiger partial charge is 0.480 e. The first kappa shape index (κ1) is 13.8. The molecule has 1 unspecified atom stereocenters. The minimum atomic E-state index is -0.935. The van der Waals surface area contributed by atoms with Gasteiger partial charge in [0.1, 0.15) is 6.04 Å². The van der Waals surface area contributed by atoms with E-state index in [9.17, 15) is 9.59 Å². The summed E-state index contributed by atoms with van der Waals surface area (Å²) in [6.07, 6.45) is 1.27. The molecule has 1 fully saturated rings. The van der Waals surface area contributed by atoms with Crippen molar-refractivity contribution in [2.24, 2.45) is 0 Å². The van der Waals surface area contributed by atoms with Crippen LogP contribution in [0.4, 0.5) is 4.79 Å². The molecule has 17 heavy (non-hydrogen) atoms. The number of carboxylic acids is 1. The molecule has 1 aliphatic heterocycles. The Labute approximate surface area is 101 Å². The highest BCUT2D eigenvalue weighted by Crippen LogP contribution is 2.17. The molecule has 0 radical (unpaired) electrons. The molecule has 6 heteroatoms. The van der Waals surface area contributed by atoms with E-state index < -0.39 is 12.0 Å². The SMILES string of the molecule is CCOCC(C)NC(=O)N1CCC[C@@H]1C(=O)O. The minimum Gasteiger partial charge on any atom is -0.480 e. The lowest BCUT2D eigenvalue weighted by atomic mass is 10.2. The molecular weight excluding hydrogens is 224 g/mol. The Balaban J connectivity index is 2.43. The molecule has 98 valence electrons. The smallest absolute Gasteiger partial charge is 0.326 e. The lowest BCUT2D eigenvalue weighted by Crippen LogP contribution is -2.49. The first-order chi connectivity index (χ1) is 8.06.